The topological polar surface area (TPSA) is 49.4 Å². The Morgan fingerprint density at radius 3 is 2.27 bits per heavy atom. The standard InChI is InChI=1S/C18H24N2O2/c1-2-14-6-8-15(9-7-14)19-16(21)18(10-11-18)17(22)20-12-4-3-5-13-20/h6-9H,2-5,10-13H2,1H3,(H,19,21). The zero-order chi connectivity index (χ0) is 15.6. The molecular weight excluding hydrogens is 276 g/mol. The van der Waals surface area contributed by atoms with Gasteiger partial charge in [-0.05, 0) is 56.2 Å². The molecule has 4 heteroatoms. The Hall–Kier alpha value is -1.84. The highest BCUT2D eigenvalue weighted by atomic mass is 16.2. The third-order valence-corrected chi connectivity index (χ3v) is 4.86. The van der Waals surface area contributed by atoms with Crippen molar-refractivity contribution < 1.29 is 9.59 Å². The zero-order valence-electron chi connectivity index (χ0n) is 13.2. The van der Waals surface area contributed by atoms with Crippen molar-refractivity contribution in [2.24, 2.45) is 5.41 Å². The molecule has 1 N–H and O–H groups in total. The summed E-state index contributed by atoms with van der Waals surface area (Å²) >= 11 is 0. The summed E-state index contributed by atoms with van der Waals surface area (Å²) in [6.07, 6.45) is 5.64. The molecule has 0 unspecified atom stereocenters. The number of carbonyl (C=O) groups excluding carboxylic acids is 2. The van der Waals surface area contributed by atoms with Gasteiger partial charge in [-0.25, -0.2) is 0 Å². The van der Waals surface area contributed by atoms with Crippen molar-refractivity contribution >= 4 is 17.5 Å². The summed E-state index contributed by atoms with van der Waals surface area (Å²) in [6.45, 7) is 3.71. The molecule has 1 aromatic carbocycles. The summed E-state index contributed by atoms with van der Waals surface area (Å²) in [5.41, 5.74) is 1.23. The second-order valence-corrected chi connectivity index (χ2v) is 6.44. The second kappa shape index (κ2) is 6.11. The number of piperidine rings is 1. The quantitative estimate of drug-likeness (QED) is 0.869. The lowest BCUT2D eigenvalue weighted by atomic mass is 10.0. The van der Waals surface area contributed by atoms with Crippen molar-refractivity contribution in [3.05, 3.63) is 29.8 Å². The first-order valence-electron chi connectivity index (χ1n) is 8.35. The van der Waals surface area contributed by atoms with Crippen LogP contribution in [0.2, 0.25) is 0 Å². The van der Waals surface area contributed by atoms with Crippen LogP contribution in [-0.4, -0.2) is 29.8 Å². The third kappa shape index (κ3) is 2.87. The van der Waals surface area contributed by atoms with E-state index >= 15 is 0 Å². The van der Waals surface area contributed by atoms with Gasteiger partial charge in [0, 0.05) is 18.8 Å². The summed E-state index contributed by atoms with van der Waals surface area (Å²) in [5, 5.41) is 2.93. The summed E-state index contributed by atoms with van der Waals surface area (Å²) in [4.78, 5) is 27.1. The Kier molecular flexibility index (Phi) is 4.19. The fourth-order valence-electron chi connectivity index (χ4n) is 3.14. The van der Waals surface area contributed by atoms with Crippen LogP contribution in [-0.2, 0) is 16.0 Å². The number of benzene rings is 1. The molecule has 1 aliphatic carbocycles. The van der Waals surface area contributed by atoms with Gasteiger partial charge in [0.05, 0.1) is 0 Å². The smallest absolute Gasteiger partial charge is 0.240 e. The SMILES string of the molecule is CCc1ccc(NC(=O)C2(C(=O)N3CCCCC3)CC2)cc1. The van der Waals surface area contributed by atoms with Crippen LogP contribution >= 0.6 is 0 Å². The molecule has 4 nitrogen and oxygen atoms in total. The summed E-state index contributed by atoms with van der Waals surface area (Å²) < 4.78 is 0. The molecule has 0 bridgehead atoms. The van der Waals surface area contributed by atoms with Crippen molar-refractivity contribution in [2.45, 2.75) is 45.4 Å². The van der Waals surface area contributed by atoms with Crippen LogP contribution in [0, 0.1) is 5.41 Å². The summed E-state index contributed by atoms with van der Waals surface area (Å²) in [5.74, 6) is -0.0952. The predicted molar refractivity (Wildman–Crippen MR) is 86.5 cm³/mol. The van der Waals surface area contributed by atoms with Gasteiger partial charge in [-0.3, -0.25) is 9.59 Å². The number of hydrogen-bond acceptors (Lipinski definition) is 2. The highest BCUT2D eigenvalue weighted by molar-refractivity contribution is 6.13. The second-order valence-electron chi connectivity index (χ2n) is 6.44. The average Bonchev–Trinajstić information content (AvgIpc) is 3.37. The van der Waals surface area contributed by atoms with Gasteiger partial charge in [-0.1, -0.05) is 19.1 Å². The number of rotatable bonds is 4. The van der Waals surface area contributed by atoms with Crippen molar-refractivity contribution in [3.63, 3.8) is 0 Å². The number of hydrogen-bond donors (Lipinski definition) is 1. The van der Waals surface area contributed by atoms with Crippen LogP contribution in [0.4, 0.5) is 5.69 Å². The van der Waals surface area contributed by atoms with Crippen LogP contribution in [0.3, 0.4) is 0 Å². The molecule has 1 heterocycles. The van der Waals surface area contributed by atoms with Crippen LogP contribution in [0.5, 0.6) is 0 Å². The molecule has 2 amide bonds. The number of nitrogens with zero attached hydrogens (tertiary/aromatic N) is 1. The molecule has 1 saturated heterocycles. The minimum atomic E-state index is -0.791. The van der Waals surface area contributed by atoms with E-state index < -0.39 is 5.41 Å². The van der Waals surface area contributed by atoms with Gasteiger partial charge in [0.15, 0.2) is 0 Å². The maximum absolute atomic E-state index is 12.7. The van der Waals surface area contributed by atoms with E-state index in [4.69, 9.17) is 0 Å². The average molecular weight is 300 g/mol. The molecule has 2 fully saturated rings. The van der Waals surface area contributed by atoms with Gasteiger partial charge < -0.3 is 10.2 Å². The van der Waals surface area contributed by atoms with Crippen molar-refractivity contribution in [3.8, 4) is 0 Å². The van der Waals surface area contributed by atoms with E-state index in [1.807, 2.05) is 29.2 Å². The zero-order valence-corrected chi connectivity index (χ0v) is 13.2. The molecule has 1 saturated carbocycles. The number of nitrogens with one attached hydrogen (secondary N) is 1. The van der Waals surface area contributed by atoms with Crippen LogP contribution in [0.25, 0.3) is 0 Å². The third-order valence-electron chi connectivity index (χ3n) is 4.86. The Labute approximate surface area is 131 Å². The first kappa shape index (κ1) is 15.1. The fraction of sp³-hybridized carbons (Fsp3) is 0.556. The lowest BCUT2D eigenvalue weighted by molar-refractivity contribution is -0.143. The Balaban J connectivity index is 1.66. The lowest BCUT2D eigenvalue weighted by Crippen LogP contribution is -2.45. The molecule has 2 aliphatic rings. The minimum absolute atomic E-state index is 0.0369. The monoisotopic (exact) mass is 300 g/mol. The summed E-state index contributed by atoms with van der Waals surface area (Å²) in [7, 11) is 0. The Bertz CT molecular complexity index is 555. The van der Waals surface area contributed by atoms with E-state index in [9.17, 15) is 9.59 Å². The molecule has 0 atom stereocenters. The van der Waals surface area contributed by atoms with Crippen LogP contribution in [0.15, 0.2) is 24.3 Å². The molecular formula is C18H24N2O2. The van der Waals surface area contributed by atoms with Gasteiger partial charge in [0.1, 0.15) is 5.41 Å². The largest absolute Gasteiger partial charge is 0.342 e. The van der Waals surface area contributed by atoms with Gasteiger partial charge in [-0.2, -0.15) is 0 Å². The maximum atomic E-state index is 12.7. The van der Waals surface area contributed by atoms with E-state index in [1.165, 1.54) is 12.0 Å². The van der Waals surface area contributed by atoms with Gasteiger partial charge in [0.2, 0.25) is 11.8 Å². The van der Waals surface area contributed by atoms with Crippen LogP contribution in [0.1, 0.15) is 44.6 Å². The number of aryl methyl sites for hydroxylation is 1. The molecule has 1 aliphatic heterocycles. The molecule has 0 spiro atoms. The normalized spacial score (nSPS) is 19.6. The first-order valence-corrected chi connectivity index (χ1v) is 8.35. The van der Waals surface area contributed by atoms with Crippen molar-refractivity contribution in [1.29, 1.82) is 0 Å². The molecule has 3 rings (SSSR count). The molecule has 0 aromatic heterocycles. The number of carbonyl (C=O) groups is 2. The van der Waals surface area contributed by atoms with E-state index in [2.05, 4.69) is 12.2 Å². The Morgan fingerprint density at radius 2 is 1.73 bits per heavy atom. The molecule has 118 valence electrons. The van der Waals surface area contributed by atoms with Crippen LogP contribution < -0.4 is 5.32 Å². The lowest BCUT2D eigenvalue weighted by Gasteiger charge is -2.30. The van der Waals surface area contributed by atoms with E-state index in [-0.39, 0.29) is 11.8 Å². The number of anilines is 1. The van der Waals surface area contributed by atoms with Crippen molar-refractivity contribution in [2.75, 3.05) is 18.4 Å². The summed E-state index contributed by atoms with van der Waals surface area (Å²) in [6, 6.07) is 7.86. The maximum Gasteiger partial charge on any atom is 0.240 e. The number of likely N-dealkylation sites (tertiary alicyclic amines) is 1. The fourth-order valence-corrected chi connectivity index (χ4v) is 3.14. The van der Waals surface area contributed by atoms with Crippen molar-refractivity contribution in [1.82, 2.24) is 4.90 Å². The minimum Gasteiger partial charge on any atom is -0.342 e. The van der Waals surface area contributed by atoms with Gasteiger partial charge >= 0.3 is 0 Å². The van der Waals surface area contributed by atoms with E-state index in [0.717, 1.165) is 38.0 Å². The molecule has 0 radical (unpaired) electrons. The Morgan fingerprint density at radius 1 is 1.09 bits per heavy atom. The van der Waals surface area contributed by atoms with Gasteiger partial charge in [0.25, 0.3) is 0 Å². The molecule has 1 aromatic rings. The highest BCUT2D eigenvalue weighted by Crippen LogP contribution is 2.48. The van der Waals surface area contributed by atoms with Gasteiger partial charge in [-0.15, -0.1) is 0 Å². The molecule has 22 heavy (non-hydrogen) atoms. The first-order chi connectivity index (χ1) is 10.7. The highest BCUT2D eigenvalue weighted by Gasteiger charge is 2.58. The predicted octanol–water partition coefficient (Wildman–Crippen LogP) is 2.98. The van der Waals surface area contributed by atoms with E-state index in [0.29, 0.717) is 12.8 Å². The van der Waals surface area contributed by atoms with E-state index in [1.54, 1.807) is 0 Å². The number of amides is 2.